The van der Waals surface area contributed by atoms with Crippen molar-refractivity contribution in [2.24, 2.45) is 5.92 Å². The Labute approximate surface area is 337 Å². The zero-order valence-electron chi connectivity index (χ0n) is 33.3. The predicted molar refractivity (Wildman–Crippen MR) is 219 cm³/mol. The fraction of sp³-hybridized carbons (Fsp3) is 0.512. The van der Waals surface area contributed by atoms with Gasteiger partial charge in [0.2, 0.25) is 17.8 Å². The van der Waals surface area contributed by atoms with Crippen molar-refractivity contribution in [3.63, 3.8) is 0 Å². The first-order chi connectivity index (χ1) is 28.1. The van der Waals surface area contributed by atoms with E-state index in [1.165, 1.54) is 0 Å². The zero-order valence-corrected chi connectivity index (χ0v) is 33.3. The molecular formula is C43H51N11O4. The molecule has 1 atom stereocenters. The van der Waals surface area contributed by atoms with Gasteiger partial charge in [-0.25, -0.2) is 9.97 Å². The highest BCUT2D eigenvalue weighted by Gasteiger charge is 2.55. The van der Waals surface area contributed by atoms with Crippen LogP contribution in [-0.4, -0.2) is 123 Å². The van der Waals surface area contributed by atoms with Gasteiger partial charge in [-0.3, -0.25) is 29.4 Å². The molecule has 58 heavy (non-hydrogen) atoms. The van der Waals surface area contributed by atoms with E-state index in [9.17, 15) is 19.2 Å². The second-order valence-electron chi connectivity index (χ2n) is 17.4. The predicted octanol–water partition coefficient (Wildman–Crippen LogP) is 4.33. The van der Waals surface area contributed by atoms with E-state index in [0.717, 1.165) is 112 Å². The number of piperidine rings is 1. The number of rotatable bonds is 9. The number of nitrogens with zero attached hydrogens (tertiary/aromatic N) is 9. The molecule has 0 unspecified atom stereocenters. The van der Waals surface area contributed by atoms with E-state index in [1.54, 1.807) is 30.1 Å². The van der Waals surface area contributed by atoms with Crippen molar-refractivity contribution in [1.29, 1.82) is 0 Å². The second kappa shape index (κ2) is 14.4. The van der Waals surface area contributed by atoms with Gasteiger partial charge in [-0.1, -0.05) is 18.9 Å². The van der Waals surface area contributed by atoms with Crippen LogP contribution in [0.5, 0.6) is 0 Å². The first-order valence-electron chi connectivity index (χ1n) is 21.0. The molecule has 2 saturated carbocycles. The maximum absolute atomic E-state index is 13.4. The molecular weight excluding hydrogens is 735 g/mol. The number of hydrogen-bond acceptors (Lipinski definition) is 11. The van der Waals surface area contributed by atoms with Crippen molar-refractivity contribution in [2.75, 3.05) is 68.5 Å². The maximum Gasteiger partial charge on any atom is 0.270 e. The number of carbonyl (C=O) groups is 4. The van der Waals surface area contributed by atoms with Crippen LogP contribution in [0.1, 0.15) is 90.2 Å². The average Bonchev–Trinajstić information content (AvgIpc) is 3.94. The van der Waals surface area contributed by atoms with Crippen LogP contribution in [-0.2, 0) is 16.1 Å². The number of imide groups is 1. The van der Waals surface area contributed by atoms with Crippen LogP contribution in [0.15, 0.2) is 48.8 Å². The molecule has 4 amide bonds. The Morgan fingerprint density at radius 3 is 2.48 bits per heavy atom. The third kappa shape index (κ3) is 6.34. The van der Waals surface area contributed by atoms with E-state index in [2.05, 4.69) is 47.0 Å². The standard InChI is InChI=1S/C43H51N11O4/c1-49(2)41(58)35-20-28-23-45-42(48-38(28)54(35)29-6-3-4-7-29)46-36-12-10-30(24-44-36)51-18-16-50(17-19-51)25-27-21-43(22-27)14-15-53(43)33-9-5-8-31-32(33)26-52(40(31)57)34-11-13-37(55)47-39(34)56/h5,8-10,12,20,23-24,27,29,34H,3-4,6-7,11,13-19,21-22,25-26H2,1-2H3,(H,47,55,56)(H,44,45,46,48)/t27?,34-,43?/m1/s1. The summed E-state index contributed by atoms with van der Waals surface area (Å²) < 4.78 is 2.12. The molecule has 4 aromatic rings. The Morgan fingerprint density at radius 2 is 1.78 bits per heavy atom. The fourth-order valence-electron chi connectivity index (χ4n) is 10.6. The van der Waals surface area contributed by atoms with Crippen molar-refractivity contribution in [3.8, 4) is 0 Å². The SMILES string of the molecule is CN(C)C(=O)c1cc2cnc(Nc3ccc(N4CCN(CC5CC6(CCN6c6cccc7c6CN([C@@H]6CCC(=O)NC6=O)C7=O)C5)CC4)cn3)nc2n1C1CCCC1. The molecule has 302 valence electrons. The summed E-state index contributed by atoms with van der Waals surface area (Å²) in [6.07, 6.45) is 12.2. The van der Waals surface area contributed by atoms with Gasteiger partial charge in [0, 0.05) is 106 Å². The minimum atomic E-state index is -0.601. The molecule has 4 aliphatic heterocycles. The number of anilines is 4. The summed E-state index contributed by atoms with van der Waals surface area (Å²) in [5.41, 5.74) is 5.52. The van der Waals surface area contributed by atoms with Gasteiger partial charge in [-0.05, 0) is 74.8 Å². The number of nitrogens with one attached hydrogen (secondary N) is 2. The molecule has 15 heteroatoms. The van der Waals surface area contributed by atoms with Gasteiger partial charge in [0.1, 0.15) is 23.2 Å². The zero-order chi connectivity index (χ0) is 39.7. The van der Waals surface area contributed by atoms with Crippen molar-refractivity contribution >= 4 is 57.8 Å². The Balaban J connectivity index is 0.729. The van der Waals surface area contributed by atoms with Crippen LogP contribution in [0.4, 0.5) is 23.1 Å². The number of amides is 4. The number of piperazine rings is 1. The number of aromatic nitrogens is 4. The van der Waals surface area contributed by atoms with E-state index in [0.29, 0.717) is 41.9 Å². The monoisotopic (exact) mass is 785 g/mol. The second-order valence-corrected chi connectivity index (χ2v) is 17.4. The summed E-state index contributed by atoms with van der Waals surface area (Å²) in [4.78, 5) is 75.9. The normalized spacial score (nSPS) is 24.9. The van der Waals surface area contributed by atoms with Crippen LogP contribution in [0.3, 0.4) is 0 Å². The third-order valence-electron chi connectivity index (χ3n) is 13.7. The first kappa shape index (κ1) is 36.7. The minimum Gasteiger partial charge on any atom is -0.368 e. The van der Waals surface area contributed by atoms with Gasteiger partial charge in [0.25, 0.3) is 11.8 Å². The highest BCUT2D eigenvalue weighted by atomic mass is 16.2. The molecule has 0 bridgehead atoms. The number of hydrogen-bond donors (Lipinski definition) is 2. The molecule has 3 aromatic heterocycles. The van der Waals surface area contributed by atoms with Crippen molar-refractivity contribution in [3.05, 3.63) is 65.6 Å². The molecule has 2 aliphatic carbocycles. The van der Waals surface area contributed by atoms with Crippen LogP contribution in [0.2, 0.25) is 0 Å². The quantitative estimate of drug-likeness (QED) is 0.234. The van der Waals surface area contributed by atoms with Gasteiger partial charge in [0.15, 0.2) is 0 Å². The summed E-state index contributed by atoms with van der Waals surface area (Å²) in [5.74, 6) is 1.00. The Hall–Kier alpha value is -5.57. The lowest BCUT2D eigenvalue weighted by molar-refractivity contribution is -0.136. The third-order valence-corrected chi connectivity index (χ3v) is 13.7. The lowest BCUT2D eigenvalue weighted by Gasteiger charge is -2.63. The topological polar surface area (TPSA) is 152 Å². The van der Waals surface area contributed by atoms with E-state index in [1.807, 2.05) is 30.5 Å². The first-order valence-corrected chi connectivity index (χ1v) is 21.0. The summed E-state index contributed by atoms with van der Waals surface area (Å²) in [6, 6.07) is 11.7. The van der Waals surface area contributed by atoms with Gasteiger partial charge >= 0.3 is 0 Å². The van der Waals surface area contributed by atoms with E-state index >= 15 is 0 Å². The van der Waals surface area contributed by atoms with E-state index in [4.69, 9.17) is 9.97 Å². The molecule has 2 N–H and O–H groups in total. The Kier molecular flexibility index (Phi) is 9.10. The van der Waals surface area contributed by atoms with Gasteiger partial charge in [-0.2, -0.15) is 4.98 Å². The van der Waals surface area contributed by atoms with Crippen LogP contribution >= 0.6 is 0 Å². The number of pyridine rings is 1. The van der Waals surface area contributed by atoms with Crippen molar-refractivity contribution in [1.82, 2.24) is 39.5 Å². The van der Waals surface area contributed by atoms with E-state index < -0.39 is 6.04 Å². The number of fused-ring (bicyclic) bond motifs is 2. The van der Waals surface area contributed by atoms with Crippen molar-refractivity contribution < 1.29 is 19.2 Å². The summed E-state index contributed by atoms with van der Waals surface area (Å²) in [6.45, 7) is 6.38. The highest BCUT2D eigenvalue weighted by Crippen LogP contribution is 2.54. The lowest BCUT2D eigenvalue weighted by atomic mass is 9.61. The molecule has 10 rings (SSSR count). The number of carbonyl (C=O) groups excluding carboxylic acids is 4. The summed E-state index contributed by atoms with van der Waals surface area (Å²) in [7, 11) is 3.57. The average molecular weight is 786 g/mol. The Bertz CT molecular complexity index is 2290. The highest BCUT2D eigenvalue weighted by molar-refractivity contribution is 6.06. The van der Waals surface area contributed by atoms with Crippen molar-refractivity contribution in [2.45, 2.75) is 82.0 Å². The van der Waals surface area contributed by atoms with E-state index in [-0.39, 0.29) is 41.6 Å². The molecule has 3 saturated heterocycles. The molecule has 0 radical (unpaired) electrons. The van der Waals surface area contributed by atoms with Crippen LogP contribution in [0.25, 0.3) is 11.0 Å². The lowest BCUT2D eigenvalue weighted by Crippen LogP contribution is -2.68. The maximum atomic E-state index is 13.4. The molecule has 5 fully saturated rings. The van der Waals surface area contributed by atoms with Gasteiger partial charge in [-0.15, -0.1) is 0 Å². The molecule has 1 aromatic carbocycles. The largest absolute Gasteiger partial charge is 0.368 e. The van der Waals surface area contributed by atoms with Gasteiger partial charge in [0.05, 0.1) is 11.9 Å². The molecule has 6 aliphatic rings. The molecule has 1 spiro atoms. The fourth-order valence-corrected chi connectivity index (χ4v) is 10.6. The molecule has 7 heterocycles. The van der Waals surface area contributed by atoms with Crippen LogP contribution < -0.4 is 20.4 Å². The van der Waals surface area contributed by atoms with Crippen LogP contribution in [0, 0.1) is 5.92 Å². The smallest absolute Gasteiger partial charge is 0.270 e. The molecule has 15 nitrogen and oxygen atoms in total. The minimum absolute atomic E-state index is 0.0233. The summed E-state index contributed by atoms with van der Waals surface area (Å²) >= 11 is 0. The van der Waals surface area contributed by atoms with Gasteiger partial charge < -0.3 is 29.5 Å². The number of benzene rings is 1. The Morgan fingerprint density at radius 1 is 0.966 bits per heavy atom. The summed E-state index contributed by atoms with van der Waals surface area (Å²) in [5, 5.41) is 6.57.